The number of nitrogens with two attached hydrogens (primary N) is 1. The van der Waals surface area contributed by atoms with Gasteiger partial charge in [0.1, 0.15) is 0 Å². The van der Waals surface area contributed by atoms with Crippen molar-refractivity contribution >= 4 is 34.0 Å². The van der Waals surface area contributed by atoms with Crippen molar-refractivity contribution in [1.29, 1.82) is 0 Å². The van der Waals surface area contributed by atoms with Crippen LogP contribution in [0.4, 0.5) is 0 Å². The van der Waals surface area contributed by atoms with E-state index in [1.165, 1.54) is 5.56 Å². The van der Waals surface area contributed by atoms with Gasteiger partial charge in [-0.3, -0.25) is 4.98 Å². The van der Waals surface area contributed by atoms with Crippen LogP contribution >= 0.6 is 34.0 Å². The van der Waals surface area contributed by atoms with Gasteiger partial charge in [-0.15, -0.1) is 34.0 Å². The monoisotopic (exact) mass is 282 g/mol. The number of pyridine rings is 1. The summed E-state index contributed by atoms with van der Waals surface area (Å²) in [5, 5.41) is 0. The summed E-state index contributed by atoms with van der Waals surface area (Å²) in [5.74, 6) is 0. The van der Waals surface area contributed by atoms with Gasteiger partial charge in [0.25, 0.3) is 0 Å². The Hall–Kier alpha value is 0.0700. The van der Waals surface area contributed by atoms with Crippen molar-refractivity contribution in [3.8, 4) is 0 Å². The highest BCUT2D eigenvalue weighted by Crippen LogP contribution is 1.93. The van der Waals surface area contributed by atoms with E-state index in [0.717, 1.165) is 6.42 Å². The number of aromatic nitrogens is 1. The molecule has 0 bridgehead atoms. The van der Waals surface area contributed by atoms with Gasteiger partial charge in [-0.05, 0) is 24.6 Å². The van der Waals surface area contributed by atoms with Gasteiger partial charge in [-0.1, -0.05) is 6.07 Å². The van der Waals surface area contributed by atoms with Gasteiger partial charge in [-0.25, -0.2) is 0 Å². The fourth-order valence-corrected chi connectivity index (χ4v) is 0.713. The fourth-order valence-electron chi connectivity index (χ4n) is 0.713. The van der Waals surface area contributed by atoms with E-state index in [2.05, 4.69) is 4.98 Å². The summed E-state index contributed by atoms with van der Waals surface area (Å²) >= 11 is 0. The molecule has 0 saturated heterocycles. The number of hydrogen-bond donors (Lipinski definition) is 1. The molecule has 0 aromatic carbocycles. The first kappa shape index (κ1) is 13.6. The minimum absolute atomic E-state index is 0. The zero-order valence-electron chi connectivity index (χ0n) is 6.06. The first-order valence-corrected chi connectivity index (χ1v) is 3.02. The average Bonchev–Trinajstić information content (AvgIpc) is 1.91. The first-order chi connectivity index (χ1) is 4.43. The Balaban J connectivity index is 0. The van der Waals surface area contributed by atoms with Crippen LogP contribution in [0.3, 0.4) is 0 Å². The molecule has 2 nitrogen and oxygen atoms in total. The van der Waals surface area contributed by atoms with Gasteiger partial charge in [0.05, 0.1) is 0 Å². The average molecular weight is 284 g/mol. The van der Waals surface area contributed by atoms with Gasteiger partial charge in [0.2, 0.25) is 0 Å². The smallest absolute Gasteiger partial charge is 0.0300 e. The molecule has 1 rings (SSSR count). The van der Waals surface area contributed by atoms with Gasteiger partial charge >= 0.3 is 0 Å². The predicted molar refractivity (Wildman–Crippen MR) is 57.6 cm³/mol. The van der Waals surface area contributed by atoms with Crippen LogP contribution in [0.1, 0.15) is 5.56 Å². The lowest BCUT2D eigenvalue weighted by Gasteiger charge is -1.93. The third kappa shape index (κ3) is 5.35. The van der Waals surface area contributed by atoms with Crippen LogP contribution in [0.2, 0.25) is 0 Å². The van der Waals surface area contributed by atoms with Crippen LogP contribution < -0.4 is 5.73 Å². The van der Waals surface area contributed by atoms with Crippen molar-refractivity contribution in [2.75, 3.05) is 6.54 Å². The summed E-state index contributed by atoms with van der Waals surface area (Å²) in [6.45, 7) is 0.700. The summed E-state index contributed by atoms with van der Waals surface area (Å²) < 4.78 is 0. The largest absolute Gasteiger partial charge is 0.330 e. The standard InChI is InChI=1S/C7H10N2.2BrH/c8-4-3-7-2-1-5-9-6-7;;/h1-2,5-6H,3-4,8H2;2*1H. The lowest BCUT2D eigenvalue weighted by atomic mass is 10.2. The Bertz CT molecular complexity index is 167. The molecule has 0 aliphatic rings. The molecule has 1 aromatic heterocycles. The highest BCUT2D eigenvalue weighted by molar-refractivity contribution is 8.93. The third-order valence-corrected chi connectivity index (χ3v) is 1.16. The molecule has 1 aromatic rings. The Labute approximate surface area is 87.7 Å². The van der Waals surface area contributed by atoms with Crippen molar-refractivity contribution in [2.24, 2.45) is 5.73 Å². The lowest BCUT2D eigenvalue weighted by Crippen LogP contribution is -2.02. The fraction of sp³-hybridized carbons (Fsp3) is 0.286. The molecule has 11 heavy (non-hydrogen) atoms. The molecule has 0 spiro atoms. The number of nitrogens with zero attached hydrogens (tertiary/aromatic N) is 1. The first-order valence-electron chi connectivity index (χ1n) is 3.02. The highest BCUT2D eigenvalue weighted by atomic mass is 79.9. The van der Waals surface area contributed by atoms with Crippen LogP contribution in [-0.4, -0.2) is 11.5 Å². The van der Waals surface area contributed by atoms with E-state index in [-0.39, 0.29) is 34.0 Å². The maximum atomic E-state index is 5.33. The molecule has 0 atom stereocenters. The molecule has 4 heteroatoms. The molecule has 1 heterocycles. The molecule has 0 radical (unpaired) electrons. The van der Waals surface area contributed by atoms with E-state index in [1.807, 2.05) is 18.3 Å². The summed E-state index contributed by atoms with van der Waals surface area (Å²) in [6.07, 6.45) is 4.53. The summed E-state index contributed by atoms with van der Waals surface area (Å²) in [5.41, 5.74) is 6.54. The normalized spacial score (nSPS) is 7.73. The predicted octanol–water partition coefficient (Wildman–Crippen LogP) is 1.74. The van der Waals surface area contributed by atoms with Crippen LogP contribution in [0, 0.1) is 0 Å². The van der Waals surface area contributed by atoms with Gasteiger partial charge in [0, 0.05) is 12.4 Å². The molecule has 64 valence electrons. The Kier molecular flexibility index (Phi) is 10.1. The molecule has 0 aliphatic carbocycles. The van der Waals surface area contributed by atoms with Crippen molar-refractivity contribution in [3.63, 3.8) is 0 Å². The van der Waals surface area contributed by atoms with E-state index in [9.17, 15) is 0 Å². The molecular formula is C7H12Br2N2. The van der Waals surface area contributed by atoms with Crippen molar-refractivity contribution < 1.29 is 0 Å². The van der Waals surface area contributed by atoms with Crippen LogP contribution in [0.15, 0.2) is 24.5 Å². The quantitative estimate of drug-likeness (QED) is 0.898. The third-order valence-electron chi connectivity index (χ3n) is 1.16. The van der Waals surface area contributed by atoms with E-state index in [0.29, 0.717) is 6.54 Å². The SMILES string of the molecule is Br.Br.NCCc1cccnc1. The molecule has 2 N–H and O–H groups in total. The van der Waals surface area contributed by atoms with Crippen LogP contribution in [0.25, 0.3) is 0 Å². The Morgan fingerprint density at radius 3 is 2.55 bits per heavy atom. The zero-order chi connectivity index (χ0) is 6.53. The molecule has 0 saturated carbocycles. The maximum Gasteiger partial charge on any atom is 0.0300 e. The summed E-state index contributed by atoms with van der Waals surface area (Å²) in [4.78, 5) is 3.95. The van der Waals surface area contributed by atoms with Crippen molar-refractivity contribution in [1.82, 2.24) is 4.98 Å². The molecule has 0 amide bonds. The van der Waals surface area contributed by atoms with Crippen LogP contribution in [0.5, 0.6) is 0 Å². The number of halogens is 2. The Morgan fingerprint density at radius 1 is 1.36 bits per heavy atom. The van der Waals surface area contributed by atoms with Gasteiger partial charge < -0.3 is 5.73 Å². The van der Waals surface area contributed by atoms with E-state index >= 15 is 0 Å². The second-order valence-electron chi connectivity index (χ2n) is 1.90. The topological polar surface area (TPSA) is 38.9 Å². The van der Waals surface area contributed by atoms with Crippen molar-refractivity contribution in [2.45, 2.75) is 6.42 Å². The zero-order valence-corrected chi connectivity index (χ0v) is 9.49. The molecular weight excluding hydrogens is 272 g/mol. The van der Waals surface area contributed by atoms with E-state index < -0.39 is 0 Å². The summed E-state index contributed by atoms with van der Waals surface area (Å²) in [7, 11) is 0. The molecule has 0 fully saturated rings. The van der Waals surface area contributed by atoms with Crippen molar-refractivity contribution in [3.05, 3.63) is 30.1 Å². The second kappa shape index (κ2) is 8.17. The second-order valence-corrected chi connectivity index (χ2v) is 1.90. The number of hydrogen-bond acceptors (Lipinski definition) is 2. The Morgan fingerprint density at radius 2 is 2.09 bits per heavy atom. The van der Waals surface area contributed by atoms with E-state index in [1.54, 1.807) is 6.20 Å². The lowest BCUT2D eigenvalue weighted by molar-refractivity contribution is 0.959. The number of rotatable bonds is 2. The van der Waals surface area contributed by atoms with Gasteiger partial charge in [0.15, 0.2) is 0 Å². The van der Waals surface area contributed by atoms with Gasteiger partial charge in [-0.2, -0.15) is 0 Å². The minimum atomic E-state index is 0. The molecule has 0 unspecified atom stereocenters. The van der Waals surface area contributed by atoms with E-state index in [4.69, 9.17) is 5.73 Å². The van der Waals surface area contributed by atoms with Crippen LogP contribution in [-0.2, 0) is 6.42 Å². The molecule has 0 aliphatic heterocycles. The minimum Gasteiger partial charge on any atom is -0.330 e. The highest BCUT2D eigenvalue weighted by Gasteiger charge is 1.85. The summed E-state index contributed by atoms with van der Waals surface area (Å²) in [6, 6.07) is 3.95. The maximum absolute atomic E-state index is 5.33.